The van der Waals surface area contributed by atoms with Crippen LogP contribution in [-0.2, 0) is 4.79 Å². The molecule has 0 heterocycles. The first-order valence-electron chi connectivity index (χ1n) is 4.15. The van der Waals surface area contributed by atoms with Crippen molar-refractivity contribution in [2.75, 3.05) is 0 Å². The van der Waals surface area contributed by atoms with Crippen LogP contribution < -0.4 is 5.11 Å². The third-order valence-electron chi connectivity index (χ3n) is 1.60. The Kier molecular flexibility index (Phi) is 6.38. The van der Waals surface area contributed by atoms with Crippen LogP contribution in [0, 0.1) is 0 Å². The van der Waals surface area contributed by atoms with Gasteiger partial charge in [-0.25, -0.2) is 0 Å². The molecule has 0 bridgehead atoms. The predicted octanol–water partition coefficient (Wildman–Crippen LogP) is 0.234. The second-order valence-electron chi connectivity index (χ2n) is 2.80. The number of unbranched alkanes of at least 4 members (excludes halogenated alkanes) is 2. The van der Waals surface area contributed by atoms with E-state index in [1.54, 1.807) is 0 Å². The van der Waals surface area contributed by atoms with Crippen LogP contribution in [0.3, 0.4) is 0 Å². The fourth-order valence-electron chi connectivity index (χ4n) is 0.963. The second kappa shape index (κ2) is 6.85. The van der Waals surface area contributed by atoms with Crippen molar-refractivity contribution >= 4 is 5.97 Å². The van der Waals surface area contributed by atoms with Gasteiger partial charge in [0.2, 0.25) is 0 Å². The maximum Gasteiger partial charge on any atom is 0.0592 e. The summed E-state index contributed by atoms with van der Waals surface area (Å²) in [4.78, 5) is 10.0. The number of aliphatic carboxylic acids is 1. The molecule has 0 fully saturated rings. The highest BCUT2D eigenvalue weighted by molar-refractivity contribution is 5.64. The van der Waals surface area contributed by atoms with Crippen LogP contribution in [0.2, 0.25) is 0 Å². The highest BCUT2D eigenvalue weighted by atomic mass is 16.4. The molecule has 1 N–H and O–H groups in total. The first kappa shape index (κ1) is 11.2. The van der Waals surface area contributed by atoms with Gasteiger partial charge in [-0.2, -0.15) is 0 Å². The van der Waals surface area contributed by atoms with E-state index in [0.29, 0.717) is 6.42 Å². The van der Waals surface area contributed by atoms with Crippen molar-refractivity contribution < 1.29 is 15.0 Å². The first-order valence-corrected chi connectivity index (χ1v) is 4.15. The number of aliphatic hydroxyl groups excluding tert-OH is 1. The zero-order valence-electron chi connectivity index (χ0n) is 7.16. The zero-order valence-corrected chi connectivity index (χ0v) is 7.16. The Morgan fingerprint density at radius 3 is 2.75 bits per heavy atom. The molecule has 0 saturated heterocycles. The van der Waals surface area contributed by atoms with E-state index >= 15 is 0 Å². The lowest BCUT2D eigenvalue weighted by molar-refractivity contribution is -0.307. The fraction of sp³-hybridized carbons (Fsp3) is 0.667. The van der Waals surface area contributed by atoms with Crippen molar-refractivity contribution in [1.29, 1.82) is 0 Å². The van der Waals surface area contributed by atoms with Gasteiger partial charge in [0, 0.05) is 12.4 Å². The number of carboxylic acids is 1. The number of carbonyl (C=O) groups is 1. The summed E-state index contributed by atoms with van der Waals surface area (Å²) in [5.41, 5.74) is 0. The SMILES string of the molecule is C=CCCCCC(O)CC(=O)[O-]. The average Bonchev–Trinajstić information content (AvgIpc) is 1.97. The maximum atomic E-state index is 10.0. The molecule has 1 atom stereocenters. The van der Waals surface area contributed by atoms with Crippen molar-refractivity contribution in [3.05, 3.63) is 12.7 Å². The number of hydrogen-bond acceptors (Lipinski definition) is 3. The largest absolute Gasteiger partial charge is 0.550 e. The lowest BCUT2D eigenvalue weighted by atomic mass is 10.1. The van der Waals surface area contributed by atoms with Gasteiger partial charge in [-0.3, -0.25) is 0 Å². The summed E-state index contributed by atoms with van der Waals surface area (Å²) in [6.45, 7) is 3.56. The number of allylic oxidation sites excluding steroid dienone is 1. The van der Waals surface area contributed by atoms with Gasteiger partial charge >= 0.3 is 0 Å². The Morgan fingerprint density at radius 1 is 1.58 bits per heavy atom. The predicted molar refractivity (Wildman–Crippen MR) is 44.3 cm³/mol. The Morgan fingerprint density at radius 2 is 2.25 bits per heavy atom. The molecule has 0 aliphatic carbocycles. The standard InChI is InChI=1S/C9H16O3/c1-2-3-4-5-6-8(10)7-9(11)12/h2,8,10H,1,3-7H2,(H,11,12)/p-1. The molecule has 0 saturated carbocycles. The van der Waals surface area contributed by atoms with Crippen molar-refractivity contribution in [1.82, 2.24) is 0 Å². The minimum absolute atomic E-state index is 0.256. The normalized spacial score (nSPS) is 12.4. The quantitative estimate of drug-likeness (QED) is 0.440. The van der Waals surface area contributed by atoms with E-state index in [-0.39, 0.29) is 6.42 Å². The molecule has 0 aromatic carbocycles. The molecule has 1 unspecified atom stereocenters. The minimum Gasteiger partial charge on any atom is -0.550 e. The van der Waals surface area contributed by atoms with Crippen LogP contribution in [0.5, 0.6) is 0 Å². The zero-order chi connectivity index (χ0) is 9.40. The lowest BCUT2D eigenvalue weighted by Gasteiger charge is -2.09. The van der Waals surface area contributed by atoms with Crippen LogP contribution in [0.1, 0.15) is 32.1 Å². The Bertz CT molecular complexity index is 143. The summed E-state index contributed by atoms with van der Waals surface area (Å²) >= 11 is 0. The van der Waals surface area contributed by atoms with Crippen LogP contribution in [0.4, 0.5) is 0 Å². The molecule has 0 aromatic heterocycles. The monoisotopic (exact) mass is 171 g/mol. The number of carboxylic acid groups (broad SMARTS) is 1. The highest BCUT2D eigenvalue weighted by Gasteiger charge is 2.02. The first-order chi connectivity index (χ1) is 5.66. The van der Waals surface area contributed by atoms with Gasteiger partial charge in [0.1, 0.15) is 0 Å². The average molecular weight is 171 g/mol. The van der Waals surface area contributed by atoms with Crippen LogP contribution in [0.15, 0.2) is 12.7 Å². The molecular formula is C9H15O3-. The Balaban J connectivity index is 3.24. The third kappa shape index (κ3) is 7.28. The van der Waals surface area contributed by atoms with E-state index in [4.69, 9.17) is 5.11 Å². The van der Waals surface area contributed by atoms with E-state index in [0.717, 1.165) is 19.3 Å². The van der Waals surface area contributed by atoms with Gasteiger partial charge in [-0.05, 0) is 19.3 Å². The van der Waals surface area contributed by atoms with E-state index < -0.39 is 12.1 Å². The number of hydrogen-bond donors (Lipinski definition) is 1. The molecule has 0 radical (unpaired) electrons. The van der Waals surface area contributed by atoms with Gasteiger partial charge in [-0.1, -0.05) is 12.5 Å². The molecular weight excluding hydrogens is 156 g/mol. The number of aliphatic hydroxyl groups is 1. The minimum atomic E-state index is -1.19. The molecule has 0 rings (SSSR count). The van der Waals surface area contributed by atoms with Crippen LogP contribution in [0.25, 0.3) is 0 Å². The van der Waals surface area contributed by atoms with E-state index in [1.807, 2.05) is 6.08 Å². The third-order valence-corrected chi connectivity index (χ3v) is 1.60. The molecule has 70 valence electrons. The summed E-state index contributed by atoms with van der Waals surface area (Å²) in [6, 6.07) is 0. The summed E-state index contributed by atoms with van der Waals surface area (Å²) in [6.07, 6.45) is 4.03. The summed E-state index contributed by atoms with van der Waals surface area (Å²) in [5, 5.41) is 19.1. The Hall–Kier alpha value is -0.830. The smallest absolute Gasteiger partial charge is 0.0592 e. The van der Waals surface area contributed by atoms with E-state index in [9.17, 15) is 9.90 Å². The molecule has 12 heavy (non-hydrogen) atoms. The molecule has 0 spiro atoms. The molecule has 0 amide bonds. The summed E-state index contributed by atoms with van der Waals surface area (Å²) in [5.74, 6) is -1.19. The topological polar surface area (TPSA) is 60.4 Å². The van der Waals surface area contributed by atoms with Crippen molar-refractivity contribution in [3.63, 3.8) is 0 Å². The lowest BCUT2D eigenvalue weighted by Crippen LogP contribution is -2.27. The van der Waals surface area contributed by atoms with Crippen molar-refractivity contribution in [2.24, 2.45) is 0 Å². The molecule has 0 aromatic rings. The number of rotatable bonds is 7. The summed E-state index contributed by atoms with van der Waals surface area (Å²) in [7, 11) is 0. The van der Waals surface area contributed by atoms with Gasteiger partial charge in [0.05, 0.1) is 6.10 Å². The van der Waals surface area contributed by atoms with E-state index in [1.165, 1.54) is 0 Å². The fourth-order valence-corrected chi connectivity index (χ4v) is 0.963. The van der Waals surface area contributed by atoms with Crippen molar-refractivity contribution in [3.8, 4) is 0 Å². The maximum absolute atomic E-state index is 10.0. The van der Waals surface area contributed by atoms with E-state index in [2.05, 4.69) is 6.58 Å². The molecule has 3 heteroatoms. The van der Waals surface area contributed by atoms with Gasteiger partial charge in [-0.15, -0.1) is 6.58 Å². The van der Waals surface area contributed by atoms with Gasteiger partial charge in [0.15, 0.2) is 0 Å². The Labute approximate surface area is 72.7 Å². The van der Waals surface area contributed by atoms with Crippen LogP contribution >= 0.6 is 0 Å². The molecule has 0 aliphatic rings. The molecule has 0 aliphatic heterocycles. The summed E-state index contributed by atoms with van der Waals surface area (Å²) < 4.78 is 0. The van der Waals surface area contributed by atoms with Gasteiger partial charge in [0.25, 0.3) is 0 Å². The second-order valence-corrected chi connectivity index (χ2v) is 2.80. The molecule has 3 nitrogen and oxygen atoms in total. The van der Waals surface area contributed by atoms with Crippen molar-refractivity contribution in [2.45, 2.75) is 38.2 Å². The number of carbonyl (C=O) groups excluding carboxylic acids is 1. The highest BCUT2D eigenvalue weighted by Crippen LogP contribution is 2.05. The van der Waals surface area contributed by atoms with Crippen LogP contribution in [-0.4, -0.2) is 17.2 Å². The van der Waals surface area contributed by atoms with Gasteiger partial charge < -0.3 is 15.0 Å².